The summed E-state index contributed by atoms with van der Waals surface area (Å²) in [6, 6.07) is 9.45. The van der Waals surface area contributed by atoms with Gasteiger partial charge in [-0.25, -0.2) is 0 Å². The summed E-state index contributed by atoms with van der Waals surface area (Å²) in [5.41, 5.74) is 1.36. The summed E-state index contributed by atoms with van der Waals surface area (Å²) in [5, 5.41) is 3.87. The van der Waals surface area contributed by atoms with Crippen molar-refractivity contribution in [3.05, 3.63) is 42.1 Å². The Hall–Kier alpha value is -1.94. The van der Waals surface area contributed by atoms with Gasteiger partial charge in [0.25, 0.3) is 5.91 Å². The second kappa shape index (κ2) is 6.85. The Morgan fingerprint density at radius 1 is 1.32 bits per heavy atom. The summed E-state index contributed by atoms with van der Waals surface area (Å²) in [6.45, 7) is 3.95. The zero-order valence-corrected chi connectivity index (χ0v) is 11.1. The van der Waals surface area contributed by atoms with Gasteiger partial charge in [0, 0.05) is 31.3 Å². The van der Waals surface area contributed by atoms with E-state index in [1.165, 1.54) is 0 Å². The third-order valence-corrected chi connectivity index (χ3v) is 2.83. The van der Waals surface area contributed by atoms with Crippen LogP contribution in [0.3, 0.4) is 0 Å². The van der Waals surface area contributed by atoms with Crippen LogP contribution in [-0.4, -0.2) is 30.6 Å². The fourth-order valence-electron chi connectivity index (χ4n) is 1.90. The van der Waals surface area contributed by atoms with Crippen LogP contribution in [0.25, 0.3) is 10.9 Å². The molecule has 0 unspecified atom stereocenters. The van der Waals surface area contributed by atoms with Crippen molar-refractivity contribution in [2.24, 2.45) is 0 Å². The standard InChI is InChI=1S/C15H18N2O2/c1-2-19-11-5-10-17-15(18)13-8-3-6-12-7-4-9-16-14(12)13/h3-4,6-9H,2,5,10-11H2,1H3,(H,17,18). The van der Waals surface area contributed by atoms with Gasteiger partial charge in [0.1, 0.15) is 0 Å². The van der Waals surface area contributed by atoms with E-state index in [1.807, 2.05) is 31.2 Å². The molecule has 0 saturated heterocycles. The summed E-state index contributed by atoms with van der Waals surface area (Å²) in [6.07, 6.45) is 2.52. The lowest BCUT2D eigenvalue weighted by atomic mass is 10.1. The van der Waals surface area contributed by atoms with E-state index in [2.05, 4.69) is 10.3 Å². The van der Waals surface area contributed by atoms with Gasteiger partial charge in [0.05, 0.1) is 11.1 Å². The number of carbonyl (C=O) groups is 1. The van der Waals surface area contributed by atoms with Crippen LogP contribution >= 0.6 is 0 Å². The predicted octanol–water partition coefficient (Wildman–Crippen LogP) is 2.39. The summed E-state index contributed by atoms with van der Waals surface area (Å²) in [5.74, 6) is -0.0826. The molecule has 1 heterocycles. The van der Waals surface area contributed by atoms with Gasteiger partial charge < -0.3 is 10.1 Å². The van der Waals surface area contributed by atoms with Gasteiger partial charge in [-0.1, -0.05) is 18.2 Å². The largest absolute Gasteiger partial charge is 0.382 e. The number of hydrogen-bond acceptors (Lipinski definition) is 3. The number of hydrogen-bond donors (Lipinski definition) is 1. The molecule has 0 spiro atoms. The van der Waals surface area contributed by atoms with Crippen molar-refractivity contribution in [1.82, 2.24) is 10.3 Å². The number of nitrogens with zero attached hydrogens (tertiary/aromatic N) is 1. The van der Waals surface area contributed by atoms with E-state index in [9.17, 15) is 4.79 Å². The molecular formula is C15H18N2O2. The molecule has 0 aliphatic rings. The Morgan fingerprint density at radius 2 is 2.16 bits per heavy atom. The van der Waals surface area contributed by atoms with E-state index in [-0.39, 0.29) is 5.91 Å². The number of fused-ring (bicyclic) bond motifs is 1. The number of amides is 1. The highest BCUT2D eigenvalue weighted by Crippen LogP contribution is 2.15. The third-order valence-electron chi connectivity index (χ3n) is 2.83. The van der Waals surface area contributed by atoms with Crippen LogP contribution in [0.4, 0.5) is 0 Å². The highest BCUT2D eigenvalue weighted by atomic mass is 16.5. The molecule has 0 aliphatic carbocycles. The summed E-state index contributed by atoms with van der Waals surface area (Å²) >= 11 is 0. The maximum absolute atomic E-state index is 12.1. The average Bonchev–Trinajstić information content (AvgIpc) is 2.46. The first-order chi connectivity index (χ1) is 9.33. The summed E-state index contributed by atoms with van der Waals surface area (Å²) in [4.78, 5) is 16.4. The summed E-state index contributed by atoms with van der Waals surface area (Å²) < 4.78 is 5.23. The number of nitrogens with one attached hydrogen (secondary N) is 1. The van der Waals surface area contributed by atoms with E-state index in [1.54, 1.807) is 12.3 Å². The van der Waals surface area contributed by atoms with Gasteiger partial charge >= 0.3 is 0 Å². The zero-order valence-electron chi connectivity index (χ0n) is 11.1. The fraction of sp³-hybridized carbons (Fsp3) is 0.333. The van der Waals surface area contributed by atoms with Crippen molar-refractivity contribution in [2.45, 2.75) is 13.3 Å². The van der Waals surface area contributed by atoms with E-state index >= 15 is 0 Å². The molecule has 19 heavy (non-hydrogen) atoms. The van der Waals surface area contributed by atoms with Crippen molar-refractivity contribution in [3.8, 4) is 0 Å². The topological polar surface area (TPSA) is 51.2 Å². The summed E-state index contributed by atoms with van der Waals surface area (Å²) in [7, 11) is 0. The molecule has 4 nitrogen and oxygen atoms in total. The molecule has 0 atom stereocenters. The molecule has 0 fully saturated rings. The molecule has 100 valence electrons. The van der Waals surface area contributed by atoms with Crippen molar-refractivity contribution < 1.29 is 9.53 Å². The van der Waals surface area contributed by atoms with Gasteiger partial charge in [-0.05, 0) is 25.5 Å². The van der Waals surface area contributed by atoms with Crippen LogP contribution in [0.15, 0.2) is 36.5 Å². The lowest BCUT2D eigenvalue weighted by Gasteiger charge is -2.07. The Labute approximate surface area is 112 Å². The van der Waals surface area contributed by atoms with Gasteiger partial charge in [0.2, 0.25) is 0 Å². The number of benzene rings is 1. The number of ether oxygens (including phenoxy) is 1. The molecule has 2 aromatic rings. The normalized spacial score (nSPS) is 10.6. The molecule has 1 aromatic heterocycles. The number of para-hydroxylation sites is 1. The lowest BCUT2D eigenvalue weighted by molar-refractivity contribution is 0.0945. The van der Waals surface area contributed by atoms with Crippen LogP contribution in [0.1, 0.15) is 23.7 Å². The van der Waals surface area contributed by atoms with E-state index in [4.69, 9.17) is 4.74 Å². The van der Waals surface area contributed by atoms with Crippen LogP contribution < -0.4 is 5.32 Å². The Bertz CT molecular complexity index is 549. The quantitative estimate of drug-likeness (QED) is 0.809. The van der Waals surface area contributed by atoms with E-state index < -0.39 is 0 Å². The fourth-order valence-corrected chi connectivity index (χ4v) is 1.90. The van der Waals surface area contributed by atoms with Crippen molar-refractivity contribution >= 4 is 16.8 Å². The van der Waals surface area contributed by atoms with Crippen molar-refractivity contribution in [3.63, 3.8) is 0 Å². The Balaban J connectivity index is 2.01. The first kappa shape index (κ1) is 13.5. The van der Waals surface area contributed by atoms with Gasteiger partial charge in [0.15, 0.2) is 0 Å². The molecule has 4 heteroatoms. The number of aromatic nitrogens is 1. The van der Waals surface area contributed by atoms with Crippen LogP contribution in [0, 0.1) is 0 Å². The van der Waals surface area contributed by atoms with E-state index in [0.29, 0.717) is 25.3 Å². The minimum Gasteiger partial charge on any atom is -0.382 e. The van der Waals surface area contributed by atoms with Gasteiger partial charge in [-0.3, -0.25) is 9.78 Å². The van der Waals surface area contributed by atoms with E-state index in [0.717, 1.165) is 17.3 Å². The predicted molar refractivity (Wildman–Crippen MR) is 75.2 cm³/mol. The minimum absolute atomic E-state index is 0.0826. The molecule has 0 bridgehead atoms. The third kappa shape index (κ3) is 3.51. The Kier molecular flexibility index (Phi) is 4.86. The number of pyridine rings is 1. The van der Waals surface area contributed by atoms with Gasteiger partial charge in [-0.2, -0.15) is 0 Å². The number of carbonyl (C=O) groups excluding carboxylic acids is 1. The smallest absolute Gasteiger partial charge is 0.253 e. The lowest BCUT2D eigenvalue weighted by Crippen LogP contribution is -2.25. The highest BCUT2D eigenvalue weighted by Gasteiger charge is 2.09. The number of rotatable bonds is 6. The maximum atomic E-state index is 12.1. The van der Waals surface area contributed by atoms with Gasteiger partial charge in [-0.15, -0.1) is 0 Å². The van der Waals surface area contributed by atoms with Crippen LogP contribution in [0.5, 0.6) is 0 Å². The zero-order chi connectivity index (χ0) is 13.5. The van der Waals surface area contributed by atoms with Crippen molar-refractivity contribution in [2.75, 3.05) is 19.8 Å². The highest BCUT2D eigenvalue weighted by molar-refractivity contribution is 6.05. The van der Waals surface area contributed by atoms with Crippen LogP contribution in [-0.2, 0) is 4.74 Å². The second-order valence-corrected chi connectivity index (χ2v) is 4.19. The molecular weight excluding hydrogens is 240 g/mol. The second-order valence-electron chi connectivity index (χ2n) is 4.19. The maximum Gasteiger partial charge on any atom is 0.253 e. The molecule has 1 amide bonds. The average molecular weight is 258 g/mol. The van der Waals surface area contributed by atoms with Crippen LogP contribution in [0.2, 0.25) is 0 Å². The molecule has 1 aromatic carbocycles. The Morgan fingerprint density at radius 3 is 3.00 bits per heavy atom. The monoisotopic (exact) mass is 258 g/mol. The molecule has 0 saturated carbocycles. The molecule has 2 rings (SSSR count). The first-order valence-electron chi connectivity index (χ1n) is 6.52. The minimum atomic E-state index is -0.0826. The molecule has 1 N–H and O–H groups in total. The van der Waals surface area contributed by atoms with Crippen molar-refractivity contribution in [1.29, 1.82) is 0 Å². The SMILES string of the molecule is CCOCCCNC(=O)c1cccc2cccnc12. The first-order valence-corrected chi connectivity index (χ1v) is 6.52. The molecule has 0 aliphatic heterocycles. The molecule has 0 radical (unpaired) electrons.